The second-order valence-corrected chi connectivity index (χ2v) is 6.99. The molecule has 0 spiro atoms. The van der Waals surface area contributed by atoms with Crippen molar-refractivity contribution in [1.29, 1.82) is 0 Å². The molecule has 1 aromatic heterocycles. The van der Waals surface area contributed by atoms with E-state index in [1.165, 1.54) is 5.56 Å². The van der Waals surface area contributed by atoms with Crippen molar-refractivity contribution in [3.8, 4) is 0 Å². The molecule has 2 aliphatic heterocycles. The third-order valence-electron chi connectivity index (χ3n) is 4.00. The monoisotopic (exact) mass is 289 g/mol. The number of anilines is 1. The molecule has 5 nitrogen and oxygen atoms in total. The van der Waals surface area contributed by atoms with Gasteiger partial charge in [-0.25, -0.2) is 9.78 Å². The molecule has 2 aliphatic rings. The highest BCUT2D eigenvalue weighted by atomic mass is 16.6. The quantitative estimate of drug-likeness (QED) is 0.736. The number of rotatable bonds is 0. The Kier molecular flexibility index (Phi) is 3.30. The van der Waals surface area contributed by atoms with Crippen molar-refractivity contribution in [3.63, 3.8) is 0 Å². The molecule has 1 amide bonds. The molecular formula is C16H23N3O2. The number of hydrogen-bond donors (Lipinski definition) is 0. The zero-order valence-corrected chi connectivity index (χ0v) is 13.2. The van der Waals surface area contributed by atoms with Crippen molar-refractivity contribution in [1.82, 2.24) is 9.88 Å². The van der Waals surface area contributed by atoms with E-state index >= 15 is 0 Å². The van der Waals surface area contributed by atoms with Crippen molar-refractivity contribution < 1.29 is 9.53 Å². The number of carbonyl (C=O) groups excluding carboxylic acids is 1. The third kappa shape index (κ3) is 2.69. The molecule has 1 unspecified atom stereocenters. The molecule has 2 atom stereocenters. The summed E-state index contributed by atoms with van der Waals surface area (Å²) in [7, 11) is 0. The molecule has 0 N–H and O–H groups in total. The first kappa shape index (κ1) is 14.2. The van der Waals surface area contributed by atoms with Crippen LogP contribution in [0.15, 0.2) is 18.3 Å². The van der Waals surface area contributed by atoms with Gasteiger partial charge in [-0.05, 0) is 45.7 Å². The number of hydrogen-bond acceptors (Lipinski definition) is 4. The van der Waals surface area contributed by atoms with E-state index in [1.807, 2.05) is 37.9 Å². The summed E-state index contributed by atoms with van der Waals surface area (Å²) in [4.78, 5) is 21.0. The first-order chi connectivity index (χ1) is 9.85. The van der Waals surface area contributed by atoms with Gasteiger partial charge in [-0.3, -0.25) is 0 Å². The second kappa shape index (κ2) is 4.90. The molecule has 1 saturated heterocycles. The van der Waals surface area contributed by atoms with Crippen LogP contribution in [0.3, 0.4) is 0 Å². The lowest BCUT2D eigenvalue weighted by atomic mass is 10.1. The van der Waals surface area contributed by atoms with Crippen molar-refractivity contribution >= 4 is 11.9 Å². The highest BCUT2D eigenvalue weighted by Crippen LogP contribution is 2.34. The minimum atomic E-state index is -0.447. The summed E-state index contributed by atoms with van der Waals surface area (Å²) in [5, 5.41) is 0. The molecule has 0 aliphatic carbocycles. The number of carbonyl (C=O) groups is 1. The van der Waals surface area contributed by atoms with E-state index in [9.17, 15) is 4.79 Å². The largest absolute Gasteiger partial charge is 0.444 e. The number of pyridine rings is 1. The Labute approximate surface area is 125 Å². The van der Waals surface area contributed by atoms with Gasteiger partial charge in [-0.15, -0.1) is 0 Å². The number of amides is 1. The number of nitrogens with zero attached hydrogens (tertiary/aromatic N) is 3. The van der Waals surface area contributed by atoms with Crippen molar-refractivity contribution in [3.05, 3.63) is 23.9 Å². The van der Waals surface area contributed by atoms with E-state index in [1.54, 1.807) is 0 Å². The van der Waals surface area contributed by atoms with Gasteiger partial charge in [0.25, 0.3) is 0 Å². The smallest absolute Gasteiger partial charge is 0.410 e. The Balaban J connectivity index is 1.75. The maximum atomic E-state index is 12.3. The maximum absolute atomic E-state index is 12.3. The highest BCUT2D eigenvalue weighted by molar-refractivity contribution is 5.69. The molecule has 3 rings (SSSR count). The molecule has 0 saturated carbocycles. The number of fused-ring (bicyclic) bond motifs is 3. The zero-order valence-electron chi connectivity index (χ0n) is 13.2. The van der Waals surface area contributed by atoms with Crippen LogP contribution in [0.25, 0.3) is 0 Å². The van der Waals surface area contributed by atoms with Gasteiger partial charge >= 0.3 is 6.09 Å². The molecule has 0 radical (unpaired) electrons. The molecular weight excluding hydrogens is 266 g/mol. The van der Waals surface area contributed by atoms with Gasteiger partial charge in [-0.2, -0.15) is 0 Å². The molecule has 5 heteroatoms. The lowest BCUT2D eigenvalue weighted by Gasteiger charge is -2.43. The van der Waals surface area contributed by atoms with E-state index in [4.69, 9.17) is 4.74 Å². The lowest BCUT2D eigenvalue weighted by Crippen LogP contribution is -2.58. The van der Waals surface area contributed by atoms with Crippen LogP contribution in [0.1, 0.15) is 33.3 Å². The SMILES string of the molecule is C[C@@H]1CN(C(=O)OC(C)(C)C)CC2Cc3cccnc3N21. The van der Waals surface area contributed by atoms with Crippen molar-refractivity contribution in [2.75, 3.05) is 18.0 Å². The van der Waals surface area contributed by atoms with Crippen LogP contribution in [0.5, 0.6) is 0 Å². The molecule has 21 heavy (non-hydrogen) atoms. The Morgan fingerprint density at radius 2 is 2.14 bits per heavy atom. The van der Waals surface area contributed by atoms with Gasteiger partial charge in [0.1, 0.15) is 11.4 Å². The predicted octanol–water partition coefficient (Wildman–Crippen LogP) is 2.45. The van der Waals surface area contributed by atoms with Crippen LogP contribution in [0, 0.1) is 0 Å². The number of aromatic nitrogens is 1. The van der Waals surface area contributed by atoms with Gasteiger partial charge < -0.3 is 14.5 Å². The van der Waals surface area contributed by atoms with Gasteiger partial charge in [0.15, 0.2) is 0 Å². The minimum Gasteiger partial charge on any atom is -0.444 e. The molecule has 3 heterocycles. The van der Waals surface area contributed by atoms with Crippen LogP contribution in [0.4, 0.5) is 10.6 Å². The molecule has 0 bridgehead atoms. The van der Waals surface area contributed by atoms with Crippen molar-refractivity contribution in [2.24, 2.45) is 0 Å². The van der Waals surface area contributed by atoms with E-state index in [-0.39, 0.29) is 12.1 Å². The Morgan fingerprint density at radius 3 is 2.86 bits per heavy atom. The van der Waals surface area contributed by atoms with Crippen LogP contribution < -0.4 is 4.90 Å². The molecule has 0 aromatic carbocycles. The predicted molar refractivity (Wildman–Crippen MR) is 81.5 cm³/mol. The summed E-state index contributed by atoms with van der Waals surface area (Å²) in [5.41, 5.74) is 0.831. The van der Waals surface area contributed by atoms with Crippen LogP contribution in [-0.4, -0.2) is 46.8 Å². The van der Waals surface area contributed by atoms with Crippen LogP contribution in [-0.2, 0) is 11.2 Å². The standard InChI is InChI=1S/C16H23N3O2/c1-11-9-18(15(20)21-16(2,3)4)10-13-8-12-6-5-7-17-14(12)19(11)13/h5-7,11,13H,8-10H2,1-4H3/t11-,13?/m1/s1. The summed E-state index contributed by atoms with van der Waals surface area (Å²) in [5.74, 6) is 1.08. The summed E-state index contributed by atoms with van der Waals surface area (Å²) >= 11 is 0. The third-order valence-corrected chi connectivity index (χ3v) is 4.00. The van der Waals surface area contributed by atoms with E-state index in [0.717, 1.165) is 12.2 Å². The average molecular weight is 289 g/mol. The summed E-state index contributed by atoms with van der Waals surface area (Å²) < 4.78 is 5.50. The minimum absolute atomic E-state index is 0.210. The normalized spacial score (nSPS) is 24.6. The number of ether oxygens (including phenoxy) is 1. The summed E-state index contributed by atoms with van der Waals surface area (Å²) in [6.07, 6.45) is 2.58. The Morgan fingerprint density at radius 1 is 1.38 bits per heavy atom. The summed E-state index contributed by atoms with van der Waals surface area (Å²) in [6.45, 7) is 9.24. The first-order valence-electron chi connectivity index (χ1n) is 7.55. The lowest BCUT2D eigenvalue weighted by molar-refractivity contribution is 0.0191. The van der Waals surface area contributed by atoms with Crippen LogP contribution >= 0.6 is 0 Å². The van der Waals surface area contributed by atoms with Crippen molar-refractivity contribution in [2.45, 2.75) is 51.8 Å². The molecule has 1 fully saturated rings. The average Bonchev–Trinajstić information content (AvgIpc) is 2.75. The Hall–Kier alpha value is -1.78. The van der Waals surface area contributed by atoms with E-state index in [0.29, 0.717) is 19.1 Å². The van der Waals surface area contributed by atoms with E-state index in [2.05, 4.69) is 22.9 Å². The van der Waals surface area contributed by atoms with Gasteiger partial charge in [0.2, 0.25) is 0 Å². The molecule has 114 valence electrons. The zero-order chi connectivity index (χ0) is 15.2. The maximum Gasteiger partial charge on any atom is 0.410 e. The van der Waals surface area contributed by atoms with Gasteiger partial charge in [0.05, 0.1) is 6.04 Å². The van der Waals surface area contributed by atoms with Gasteiger partial charge in [-0.1, -0.05) is 6.07 Å². The Bertz CT molecular complexity index is 553. The van der Waals surface area contributed by atoms with Crippen LogP contribution in [0.2, 0.25) is 0 Å². The fourth-order valence-corrected chi connectivity index (χ4v) is 3.28. The topological polar surface area (TPSA) is 45.7 Å². The molecule has 1 aromatic rings. The fraction of sp³-hybridized carbons (Fsp3) is 0.625. The number of piperazine rings is 1. The highest BCUT2D eigenvalue weighted by Gasteiger charge is 2.41. The second-order valence-electron chi connectivity index (χ2n) is 6.99. The fourth-order valence-electron chi connectivity index (χ4n) is 3.28. The summed E-state index contributed by atoms with van der Waals surface area (Å²) in [6, 6.07) is 4.68. The van der Waals surface area contributed by atoms with Gasteiger partial charge in [0, 0.05) is 25.3 Å². The van der Waals surface area contributed by atoms with E-state index < -0.39 is 5.60 Å². The first-order valence-corrected chi connectivity index (χ1v) is 7.55.